The Kier molecular flexibility index (Phi) is 5.41. The van der Waals surface area contributed by atoms with Crippen molar-refractivity contribution in [3.8, 4) is 0 Å². The third-order valence-electron chi connectivity index (χ3n) is 4.08. The predicted molar refractivity (Wildman–Crippen MR) is 89.0 cm³/mol. The summed E-state index contributed by atoms with van der Waals surface area (Å²) in [4.78, 5) is 39.5. The van der Waals surface area contributed by atoms with Crippen LogP contribution < -0.4 is 5.32 Å². The third kappa shape index (κ3) is 3.90. The average molecular weight is 337 g/mol. The molecule has 0 aliphatic carbocycles. The van der Waals surface area contributed by atoms with Crippen LogP contribution in [-0.4, -0.2) is 46.3 Å². The van der Waals surface area contributed by atoms with Gasteiger partial charge in [0.25, 0.3) is 5.91 Å². The fraction of sp³-hybridized carbons (Fsp3) is 0.562. The molecule has 4 amide bonds. The van der Waals surface area contributed by atoms with Crippen molar-refractivity contribution in [2.75, 3.05) is 13.1 Å². The summed E-state index contributed by atoms with van der Waals surface area (Å²) in [5.41, 5.74) is 0.0895. The Morgan fingerprint density at radius 3 is 2.65 bits per heavy atom. The molecule has 1 aliphatic rings. The molecule has 0 unspecified atom stereocenters. The van der Waals surface area contributed by atoms with E-state index in [2.05, 4.69) is 12.2 Å². The van der Waals surface area contributed by atoms with Crippen molar-refractivity contribution in [1.82, 2.24) is 15.1 Å². The van der Waals surface area contributed by atoms with Crippen molar-refractivity contribution >= 4 is 29.2 Å². The van der Waals surface area contributed by atoms with E-state index in [0.717, 1.165) is 18.4 Å². The second-order valence-electron chi connectivity index (χ2n) is 6.20. The first-order valence-electron chi connectivity index (χ1n) is 7.78. The number of carbonyl (C=O) groups excluding carboxylic acids is 3. The molecule has 0 saturated carbocycles. The zero-order valence-electron chi connectivity index (χ0n) is 13.8. The molecule has 1 N–H and O–H groups in total. The minimum absolute atomic E-state index is 0.0849. The topological polar surface area (TPSA) is 69.7 Å². The maximum Gasteiger partial charge on any atom is 0.325 e. The number of amides is 4. The van der Waals surface area contributed by atoms with Crippen LogP contribution in [0, 0.1) is 0 Å². The highest BCUT2D eigenvalue weighted by molar-refractivity contribution is 7.07. The minimum Gasteiger partial charge on any atom is -0.337 e. The molecule has 0 aromatic carbocycles. The Morgan fingerprint density at radius 2 is 2.13 bits per heavy atom. The van der Waals surface area contributed by atoms with Crippen LogP contribution in [0.25, 0.3) is 0 Å². The first kappa shape index (κ1) is 17.5. The Labute approximate surface area is 140 Å². The molecular formula is C16H23N3O3S. The number of carbonyl (C=O) groups is 3. The van der Waals surface area contributed by atoms with E-state index < -0.39 is 11.6 Å². The highest BCUT2D eigenvalue weighted by Gasteiger charge is 2.46. The van der Waals surface area contributed by atoms with Crippen molar-refractivity contribution < 1.29 is 14.4 Å². The molecule has 6 nitrogen and oxygen atoms in total. The van der Waals surface area contributed by atoms with Crippen LogP contribution in [0.2, 0.25) is 0 Å². The number of rotatable bonds is 7. The molecule has 23 heavy (non-hydrogen) atoms. The summed E-state index contributed by atoms with van der Waals surface area (Å²) in [5, 5.41) is 6.26. The van der Waals surface area contributed by atoms with Gasteiger partial charge in [-0.2, -0.15) is 11.3 Å². The molecule has 0 spiro atoms. The van der Waals surface area contributed by atoms with Gasteiger partial charge in [-0.05, 0) is 42.7 Å². The summed E-state index contributed by atoms with van der Waals surface area (Å²) in [7, 11) is 0. The lowest BCUT2D eigenvalue weighted by atomic mass is 10.0. The molecule has 2 heterocycles. The van der Waals surface area contributed by atoms with Crippen LogP contribution >= 0.6 is 11.3 Å². The van der Waals surface area contributed by atoms with Gasteiger partial charge in [0.05, 0.1) is 0 Å². The van der Waals surface area contributed by atoms with E-state index in [0.29, 0.717) is 13.1 Å². The van der Waals surface area contributed by atoms with Crippen LogP contribution in [0.1, 0.15) is 39.2 Å². The van der Waals surface area contributed by atoms with Crippen molar-refractivity contribution in [2.45, 2.75) is 45.7 Å². The fourth-order valence-corrected chi connectivity index (χ4v) is 3.10. The number of urea groups is 1. The average Bonchev–Trinajstić information content (AvgIpc) is 3.06. The maximum absolute atomic E-state index is 12.7. The van der Waals surface area contributed by atoms with Gasteiger partial charge in [-0.3, -0.25) is 14.9 Å². The predicted octanol–water partition coefficient (Wildman–Crippen LogP) is 2.21. The van der Waals surface area contributed by atoms with E-state index in [9.17, 15) is 14.4 Å². The summed E-state index contributed by atoms with van der Waals surface area (Å²) >= 11 is 1.59. The first-order valence-corrected chi connectivity index (χ1v) is 8.72. The molecule has 7 heteroatoms. The number of imide groups is 1. The summed E-state index contributed by atoms with van der Waals surface area (Å²) in [6, 6.07) is 1.49. The second-order valence-corrected chi connectivity index (χ2v) is 6.98. The maximum atomic E-state index is 12.7. The van der Waals surface area contributed by atoms with Gasteiger partial charge in [-0.25, -0.2) is 4.79 Å². The second kappa shape index (κ2) is 7.12. The fourth-order valence-electron chi connectivity index (χ4n) is 2.44. The van der Waals surface area contributed by atoms with Crippen LogP contribution in [0.3, 0.4) is 0 Å². The molecule has 1 aromatic rings. The van der Waals surface area contributed by atoms with Crippen LogP contribution in [0.5, 0.6) is 0 Å². The van der Waals surface area contributed by atoms with Crippen molar-refractivity contribution in [3.63, 3.8) is 0 Å². The largest absolute Gasteiger partial charge is 0.337 e. The van der Waals surface area contributed by atoms with E-state index in [1.54, 1.807) is 30.1 Å². The van der Waals surface area contributed by atoms with Crippen molar-refractivity contribution in [2.24, 2.45) is 0 Å². The van der Waals surface area contributed by atoms with Gasteiger partial charge in [0.15, 0.2) is 0 Å². The first-order chi connectivity index (χ1) is 10.9. The van der Waals surface area contributed by atoms with Crippen LogP contribution in [0.4, 0.5) is 4.79 Å². The molecule has 1 saturated heterocycles. The molecule has 0 atom stereocenters. The van der Waals surface area contributed by atoms with Crippen molar-refractivity contribution in [3.05, 3.63) is 22.4 Å². The van der Waals surface area contributed by atoms with Gasteiger partial charge in [-0.15, -0.1) is 0 Å². The molecule has 0 bridgehead atoms. The summed E-state index contributed by atoms with van der Waals surface area (Å²) < 4.78 is 0. The quantitative estimate of drug-likeness (QED) is 0.776. The smallest absolute Gasteiger partial charge is 0.325 e. The standard InChI is InChI=1S/C16H23N3O3S/c1-4-5-7-18(9-12-6-8-23-11-12)13(20)10-19-15(22)17-14(21)16(19,2)3/h6,8,11H,4-5,7,9-10H2,1-3H3,(H,17,21,22). The molecular weight excluding hydrogens is 314 g/mol. The summed E-state index contributed by atoms with van der Waals surface area (Å²) in [5.74, 6) is -0.504. The molecule has 1 aromatic heterocycles. The van der Waals surface area contributed by atoms with Gasteiger partial charge >= 0.3 is 6.03 Å². The van der Waals surface area contributed by atoms with E-state index in [-0.39, 0.29) is 18.4 Å². The molecule has 0 radical (unpaired) electrons. The minimum atomic E-state index is -0.994. The lowest BCUT2D eigenvalue weighted by Crippen LogP contribution is -2.49. The van der Waals surface area contributed by atoms with E-state index in [4.69, 9.17) is 0 Å². The number of hydrogen-bond acceptors (Lipinski definition) is 4. The SMILES string of the molecule is CCCCN(Cc1ccsc1)C(=O)CN1C(=O)NC(=O)C1(C)C. The van der Waals surface area contributed by atoms with Gasteiger partial charge in [0.1, 0.15) is 12.1 Å². The summed E-state index contributed by atoms with van der Waals surface area (Å²) in [6.07, 6.45) is 1.89. The lowest BCUT2D eigenvalue weighted by Gasteiger charge is -2.30. The lowest BCUT2D eigenvalue weighted by molar-refractivity contribution is -0.134. The molecule has 1 aliphatic heterocycles. The molecule has 1 fully saturated rings. The van der Waals surface area contributed by atoms with Gasteiger partial charge in [-0.1, -0.05) is 13.3 Å². The highest BCUT2D eigenvalue weighted by Crippen LogP contribution is 2.21. The zero-order chi connectivity index (χ0) is 17.0. The van der Waals surface area contributed by atoms with Crippen molar-refractivity contribution in [1.29, 1.82) is 0 Å². The van der Waals surface area contributed by atoms with Crippen LogP contribution in [0.15, 0.2) is 16.8 Å². The van der Waals surface area contributed by atoms with Crippen LogP contribution in [-0.2, 0) is 16.1 Å². The van der Waals surface area contributed by atoms with E-state index in [1.807, 2.05) is 16.8 Å². The number of nitrogens with one attached hydrogen (secondary N) is 1. The van der Waals surface area contributed by atoms with Gasteiger partial charge < -0.3 is 9.80 Å². The third-order valence-corrected chi connectivity index (χ3v) is 4.81. The highest BCUT2D eigenvalue weighted by atomic mass is 32.1. The molecule has 126 valence electrons. The summed E-state index contributed by atoms with van der Waals surface area (Å²) in [6.45, 7) is 6.47. The Bertz CT molecular complexity index is 583. The normalized spacial score (nSPS) is 16.6. The Hall–Kier alpha value is -1.89. The monoisotopic (exact) mass is 337 g/mol. The number of nitrogens with zero attached hydrogens (tertiary/aromatic N) is 2. The Morgan fingerprint density at radius 1 is 1.39 bits per heavy atom. The number of thiophene rings is 1. The number of unbranched alkanes of at least 4 members (excludes halogenated alkanes) is 1. The van der Waals surface area contributed by atoms with E-state index in [1.165, 1.54) is 4.90 Å². The van der Waals surface area contributed by atoms with Gasteiger partial charge in [0.2, 0.25) is 5.91 Å². The Balaban J connectivity index is 2.07. The number of hydrogen-bond donors (Lipinski definition) is 1. The zero-order valence-corrected chi connectivity index (χ0v) is 14.6. The molecule has 2 rings (SSSR count). The van der Waals surface area contributed by atoms with Gasteiger partial charge in [0, 0.05) is 13.1 Å². The van der Waals surface area contributed by atoms with E-state index >= 15 is 0 Å².